The second-order valence-corrected chi connectivity index (χ2v) is 7.12. The Bertz CT molecular complexity index is 968. The lowest BCUT2D eigenvalue weighted by atomic mass is 10.2. The fraction of sp³-hybridized carbons (Fsp3) is 0.364. The molecule has 0 N–H and O–H groups in total. The number of hydrogen-bond donors (Lipinski definition) is 0. The van der Waals surface area contributed by atoms with Crippen molar-refractivity contribution in [2.24, 2.45) is 0 Å². The van der Waals surface area contributed by atoms with Crippen molar-refractivity contribution in [2.75, 3.05) is 13.2 Å². The highest BCUT2D eigenvalue weighted by molar-refractivity contribution is 6.02. The van der Waals surface area contributed by atoms with Crippen molar-refractivity contribution in [3.05, 3.63) is 23.8 Å². The maximum Gasteiger partial charge on any atom is 0.336 e. The molecule has 0 bridgehead atoms. The van der Waals surface area contributed by atoms with Crippen LogP contribution in [0.4, 0.5) is 0 Å². The Labute approximate surface area is 193 Å². The van der Waals surface area contributed by atoms with Crippen molar-refractivity contribution in [1.82, 2.24) is 10.1 Å². The fourth-order valence-corrected chi connectivity index (χ4v) is 2.94. The van der Waals surface area contributed by atoms with E-state index in [1.54, 1.807) is 0 Å². The van der Waals surface area contributed by atoms with Crippen molar-refractivity contribution < 1.29 is 47.9 Å². The van der Waals surface area contributed by atoms with E-state index >= 15 is 0 Å². The van der Waals surface area contributed by atoms with Crippen molar-refractivity contribution >= 4 is 35.6 Å². The summed E-state index contributed by atoms with van der Waals surface area (Å²) in [5.41, 5.74) is 0.402. The Hall–Kier alpha value is -4.40. The molecule has 4 amide bonds. The van der Waals surface area contributed by atoms with E-state index in [4.69, 9.17) is 25.6 Å². The highest BCUT2D eigenvalue weighted by atomic mass is 16.7. The van der Waals surface area contributed by atoms with Gasteiger partial charge in [0.25, 0.3) is 23.6 Å². The molecule has 0 saturated carbocycles. The number of nitrogens with zero attached hydrogens (tertiary/aromatic N) is 2. The van der Waals surface area contributed by atoms with Gasteiger partial charge in [-0.3, -0.25) is 19.2 Å². The minimum absolute atomic E-state index is 0.00347. The second kappa shape index (κ2) is 11.0. The predicted molar refractivity (Wildman–Crippen MR) is 109 cm³/mol. The first kappa shape index (κ1) is 24.2. The van der Waals surface area contributed by atoms with Gasteiger partial charge in [-0.2, -0.15) is 0 Å². The van der Waals surface area contributed by atoms with Gasteiger partial charge in [-0.1, -0.05) is 5.92 Å². The van der Waals surface area contributed by atoms with Crippen LogP contribution in [0.3, 0.4) is 0 Å². The topological polar surface area (TPSA) is 146 Å². The molecule has 0 atom stereocenters. The largest absolute Gasteiger partial charge is 0.493 e. The number of terminal acetylenes is 1. The molecule has 0 radical (unpaired) electrons. The van der Waals surface area contributed by atoms with Crippen LogP contribution in [0, 0.1) is 12.3 Å². The van der Waals surface area contributed by atoms with Crippen LogP contribution < -0.4 is 9.47 Å². The molecule has 12 nitrogen and oxygen atoms in total. The molecule has 2 heterocycles. The highest BCUT2D eigenvalue weighted by Gasteiger charge is 2.33. The molecule has 2 aliphatic heterocycles. The monoisotopic (exact) mass is 472 g/mol. The molecule has 1 aromatic rings. The first-order valence-electron chi connectivity index (χ1n) is 10.3. The summed E-state index contributed by atoms with van der Waals surface area (Å²) in [6.07, 6.45) is 4.93. The Balaban J connectivity index is 1.46. The van der Waals surface area contributed by atoms with Crippen molar-refractivity contribution in [3.8, 4) is 23.8 Å². The summed E-state index contributed by atoms with van der Waals surface area (Å²) in [6.45, 7) is -0.264. The number of ether oxygens (including phenoxy) is 2. The molecule has 178 valence electrons. The van der Waals surface area contributed by atoms with Gasteiger partial charge < -0.3 is 19.1 Å². The molecule has 0 unspecified atom stereocenters. The van der Waals surface area contributed by atoms with Gasteiger partial charge in [0.15, 0.2) is 0 Å². The third kappa shape index (κ3) is 6.32. The molecule has 0 spiro atoms. The highest BCUT2D eigenvalue weighted by Crippen LogP contribution is 2.23. The first-order chi connectivity index (χ1) is 16.3. The smallest absolute Gasteiger partial charge is 0.336 e. The van der Waals surface area contributed by atoms with E-state index in [1.165, 1.54) is 18.2 Å². The molecule has 12 heteroatoms. The van der Waals surface area contributed by atoms with E-state index < -0.39 is 35.6 Å². The number of hydrogen-bond acceptors (Lipinski definition) is 10. The Morgan fingerprint density at radius 1 is 0.735 bits per heavy atom. The van der Waals surface area contributed by atoms with Gasteiger partial charge in [0.1, 0.15) is 11.5 Å². The SMILES string of the molecule is C#Cc1cc(OCCC(=O)ON2C(=O)CCC2=O)cc(OCCC(=O)ON2C(=O)CCC2=O)c1. The summed E-state index contributed by atoms with van der Waals surface area (Å²) in [6, 6.07) is 4.51. The molecule has 3 rings (SSSR count). The lowest BCUT2D eigenvalue weighted by Gasteiger charge is -2.14. The zero-order valence-corrected chi connectivity index (χ0v) is 17.9. The fourth-order valence-electron chi connectivity index (χ4n) is 2.94. The maximum absolute atomic E-state index is 11.8. The van der Waals surface area contributed by atoms with Crippen LogP contribution in [-0.2, 0) is 38.4 Å². The van der Waals surface area contributed by atoms with E-state index in [0.29, 0.717) is 15.7 Å². The average molecular weight is 472 g/mol. The van der Waals surface area contributed by atoms with Gasteiger partial charge in [-0.15, -0.1) is 16.5 Å². The molecule has 1 aromatic carbocycles. The van der Waals surface area contributed by atoms with Crippen LogP contribution in [0.25, 0.3) is 0 Å². The normalized spacial score (nSPS) is 15.4. The molecule has 0 aliphatic carbocycles. The Morgan fingerprint density at radius 2 is 1.12 bits per heavy atom. The van der Waals surface area contributed by atoms with Gasteiger partial charge in [-0.25, -0.2) is 9.59 Å². The lowest BCUT2D eigenvalue weighted by molar-refractivity contribution is -0.197. The number of carbonyl (C=O) groups excluding carboxylic acids is 6. The Kier molecular flexibility index (Phi) is 7.81. The molecule has 34 heavy (non-hydrogen) atoms. The number of carbonyl (C=O) groups is 6. The number of rotatable bonds is 10. The zero-order chi connectivity index (χ0) is 24.7. The Morgan fingerprint density at radius 3 is 1.47 bits per heavy atom. The van der Waals surface area contributed by atoms with E-state index in [9.17, 15) is 28.8 Å². The first-order valence-corrected chi connectivity index (χ1v) is 10.3. The quantitative estimate of drug-likeness (QED) is 0.347. The minimum atomic E-state index is -0.818. The summed E-state index contributed by atoms with van der Waals surface area (Å²) in [4.78, 5) is 79.1. The summed E-state index contributed by atoms with van der Waals surface area (Å²) in [5.74, 6) is -1.00. The van der Waals surface area contributed by atoms with Crippen LogP contribution in [0.5, 0.6) is 11.5 Å². The van der Waals surface area contributed by atoms with Crippen molar-refractivity contribution in [1.29, 1.82) is 0 Å². The average Bonchev–Trinajstić information content (AvgIpc) is 3.29. The zero-order valence-electron chi connectivity index (χ0n) is 17.9. The second-order valence-electron chi connectivity index (χ2n) is 7.12. The number of imide groups is 2. The number of amides is 4. The number of benzene rings is 1. The third-order valence-corrected chi connectivity index (χ3v) is 4.59. The van der Waals surface area contributed by atoms with Gasteiger partial charge in [-0.05, 0) is 12.1 Å². The van der Waals surface area contributed by atoms with E-state index in [1.807, 2.05) is 0 Å². The van der Waals surface area contributed by atoms with Crippen LogP contribution in [0.1, 0.15) is 44.1 Å². The maximum atomic E-state index is 11.8. The molecule has 2 saturated heterocycles. The summed E-state index contributed by atoms with van der Waals surface area (Å²) >= 11 is 0. The molecular formula is C22H20N2O10. The van der Waals surface area contributed by atoms with Crippen molar-refractivity contribution in [3.63, 3.8) is 0 Å². The number of hydroxylamine groups is 4. The van der Waals surface area contributed by atoms with Crippen LogP contribution >= 0.6 is 0 Å². The molecule has 2 aliphatic rings. The molecular weight excluding hydrogens is 452 g/mol. The van der Waals surface area contributed by atoms with Crippen LogP contribution in [0.15, 0.2) is 18.2 Å². The van der Waals surface area contributed by atoms with Gasteiger partial charge in [0.2, 0.25) is 0 Å². The van der Waals surface area contributed by atoms with E-state index in [-0.39, 0.29) is 63.2 Å². The van der Waals surface area contributed by atoms with Crippen LogP contribution in [-0.4, -0.2) is 58.9 Å². The molecule has 0 aromatic heterocycles. The molecule has 2 fully saturated rings. The van der Waals surface area contributed by atoms with Crippen molar-refractivity contribution in [2.45, 2.75) is 38.5 Å². The standard InChI is InChI=1S/C22H20N2O10/c1-2-14-11-15(31-9-7-21(29)33-23-17(25)3-4-18(23)26)13-16(12-14)32-10-8-22(30)34-24-19(27)5-6-20(24)28/h1,11-13H,3-10H2. The van der Waals surface area contributed by atoms with Gasteiger partial charge in [0, 0.05) is 37.3 Å². The lowest BCUT2D eigenvalue weighted by Crippen LogP contribution is -2.32. The predicted octanol–water partition coefficient (Wildman–Crippen LogP) is 0.420. The van der Waals surface area contributed by atoms with E-state index in [2.05, 4.69) is 5.92 Å². The van der Waals surface area contributed by atoms with Gasteiger partial charge >= 0.3 is 11.9 Å². The summed E-state index contributed by atoms with van der Waals surface area (Å²) < 4.78 is 11.0. The minimum Gasteiger partial charge on any atom is -0.493 e. The summed E-state index contributed by atoms with van der Waals surface area (Å²) in [5, 5.41) is 0.904. The van der Waals surface area contributed by atoms with E-state index in [0.717, 1.165) is 0 Å². The third-order valence-electron chi connectivity index (χ3n) is 4.59. The summed E-state index contributed by atoms with van der Waals surface area (Å²) in [7, 11) is 0. The van der Waals surface area contributed by atoms with Gasteiger partial charge in [0.05, 0.1) is 26.1 Å². The van der Waals surface area contributed by atoms with Crippen LogP contribution in [0.2, 0.25) is 0 Å².